The van der Waals surface area contributed by atoms with Crippen molar-refractivity contribution in [1.29, 1.82) is 0 Å². The van der Waals surface area contributed by atoms with E-state index >= 15 is 0 Å². The van der Waals surface area contributed by atoms with Crippen molar-refractivity contribution in [3.63, 3.8) is 0 Å². The molecule has 1 N–H and O–H groups in total. The van der Waals surface area contributed by atoms with E-state index in [9.17, 15) is 9.59 Å². The Morgan fingerprint density at radius 3 is 2.31 bits per heavy atom. The average molecular weight is 248 g/mol. The van der Waals surface area contributed by atoms with E-state index in [4.69, 9.17) is 5.11 Å². The van der Waals surface area contributed by atoms with Crippen LogP contribution in [-0.2, 0) is 4.79 Å². The van der Waals surface area contributed by atoms with E-state index in [0.29, 0.717) is 13.0 Å². The summed E-state index contributed by atoms with van der Waals surface area (Å²) in [5.41, 5.74) is 0. The number of amides is 2. The Balaban J connectivity index is 4.40. The predicted molar refractivity (Wildman–Crippen MR) is 65.9 cm³/mol. The minimum atomic E-state index is -0.961. The van der Waals surface area contributed by atoms with Gasteiger partial charge in [-0.3, -0.25) is 0 Å². The van der Waals surface area contributed by atoms with Gasteiger partial charge in [0.1, 0.15) is 6.04 Å². The van der Waals surface area contributed by atoms with Crippen molar-refractivity contribution in [2.75, 3.05) is 32.6 Å². The number of aliphatic carboxylic acids is 1. The molecule has 0 rings (SSSR count). The highest BCUT2D eigenvalue weighted by Gasteiger charge is 2.26. The summed E-state index contributed by atoms with van der Waals surface area (Å²) in [4.78, 5) is 25.6. The largest absolute Gasteiger partial charge is 0.480 e. The summed E-state index contributed by atoms with van der Waals surface area (Å²) in [6.07, 6.45) is 2.38. The number of hydrogen-bond donors (Lipinski definition) is 1. The first-order valence-corrected chi connectivity index (χ1v) is 6.54. The molecule has 5 nitrogen and oxygen atoms in total. The minimum absolute atomic E-state index is 0.247. The molecule has 2 amide bonds. The van der Waals surface area contributed by atoms with Crippen LogP contribution in [0.2, 0.25) is 0 Å². The van der Waals surface area contributed by atoms with Crippen molar-refractivity contribution in [3.05, 3.63) is 0 Å². The van der Waals surface area contributed by atoms with E-state index < -0.39 is 12.0 Å². The fourth-order valence-electron chi connectivity index (χ4n) is 1.34. The maximum Gasteiger partial charge on any atom is 0.326 e. The Kier molecular flexibility index (Phi) is 6.96. The van der Waals surface area contributed by atoms with Crippen LogP contribution >= 0.6 is 11.8 Å². The maximum absolute atomic E-state index is 11.8. The van der Waals surface area contributed by atoms with Crippen LogP contribution in [0.5, 0.6) is 0 Å². The summed E-state index contributed by atoms with van der Waals surface area (Å²) >= 11 is 1.65. The summed E-state index contributed by atoms with van der Waals surface area (Å²) in [6, 6.07) is -0.993. The molecular weight excluding hydrogens is 228 g/mol. The van der Waals surface area contributed by atoms with Gasteiger partial charge in [-0.15, -0.1) is 0 Å². The Bertz CT molecular complexity index is 248. The molecule has 1 atom stereocenters. The maximum atomic E-state index is 11.8. The van der Waals surface area contributed by atoms with Gasteiger partial charge in [-0.05, 0) is 12.7 Å². The van der Waals surface area contributed by atoms with Gasteiger partial charge < -0.3 is 14.9 Å². The van der Waals surface area contributed by atoms with Crippen LogP contribution in [0.1, 0.15) is 13.3 Å². The second kappa shape index (κ2) is 7.38. The van der Waals surface area contributed by atoms with Crippen molar-refractivity contribution in [3.8, 4) is 0 Å². The number of carbonyl (C=O) groups is 2. The summed E-state index contributed by atoms with van der Waals surface area (Å²) in [5.74, 6) is -0.114. The van der Waals surface area contributed by atoms with Crippen LogP contribution in [0, 0.1) is 0 Å². The first-order valence-electron chi connectivity index (χ1n) is 5.15. The molecule has 0 aliphatic carbocycles. The predicted octanol–water partition coefficient (Wildman–Crippen LogP) is 1.20. The monoisotopic (exact) mass is 248 g/mol. The number of rotatable bonds is 6. The lowest BCUT2D eigenvalue weighted by molar-refractivity contribution is -0.142. The van der Waals surface area contributed by atoms with Gasteiger partial charge in [0.25, 0.3) is 0 Å². The summed E-state index contributed by atoms with van der Waals surface area (Å²) in [7, 11) is 3.21. The van der Waals surface area contributed by atoms with Gasteiger partial charge in [-0.25, -0.2) is 9.59 Å². The zero-order chi connectivity index (χ0) is 12.7. The highest BCUT2D eigenvalue weighted by Crippen LogP contribution is 2.06. The van der Waals surface area contributed by atoms with Crippen LogP contribution < -0.4 is 0 Å². The average Bonchev–Trinajstić information content (AvgIpc) is 2.24. The lowest BCUT2D eigenvalue weighted by atomic mass is 10.2. The lowest BCUT2D eigenvalue weighted by Crippen LogP contribution is -2.48. The normalized spacial score (nSPS) is 12.0. The molecule has 0 aliphatic heterocycles. The molecule has 94 valence electrons. The van der Waals surface area contributed by atoms with Gasteiger partial charge >= 0.3 is 12.0 Å². The highest BCUT2D eigenvalue weighted by atomic mass is 32.2. The van der Waals surface area contributed by atoms with E-state index in [2.05, 4.69) is 0 Å². The number of carbonyl (C=O) groups excluding carboxylic acids is 1. The summed E-state index contributed by atoms with van der Waals surface area (Å²) in [5, 5.41) is 8.93. The summed E-state index contributed by atoms with van der Waals surface area (Å²) in [6.45, 7) is 2.38. The third-order valence-corrected chi connectivity index (χ3v) is 2.99. The number of carboxylic acid groups (broad SMARTS) is 1. The van der Waals surface area contributed by atoms with Gasteiger partial charge in [0.2, 0.25) is 0 Å². The van der Waals surface area contributed by atoms with Crippen molar-refractivity contribution in [2.45, 2.75) is 19.4 Å². The van der Waals surface area contributed by atoms with E-state index in [1.54, 1.807) is 30.6 Å². The molecule has 0 saturated carbocycles. The molecule has 0 radical (unpaired) electrons. The van der Waals surface area contributed by atoms with Crippen molar-refractivity contribution in [1.82, 2.24) is 9.80 Å². The fraction of sp³-hybridized carbons (Fsp3) is 0.800. The zero-order valence-electron chi connectivity index (χ0n) is 10.3. The molecule has 0 saturated heterocycles. The van der Waals surface area contributed by atoms with Crippen LogP contribution in [-0.4, -0.2) is 65.6 Å². The van der Waals surface area contributed by atoms with Crippen LogP contribution in [0.15, 0.2) is 0 Å². The van der Waals surface area contributed by atoms with E-state index in [-0.39, 0.29) is 6.03 Å². The first-order chi connectivity index (χ1) is 7.45. The third kappa shape index (κ3) is 4.30. The number of carboxylic acids is 1. The Labute approximate surface area is 101 Å². The number of thioether (sulfide) groups is 1. The van der Waals surface area contributed by atoms with E-state index in [0.717, 1.165) is 5.75 Å². The van der Waals surface area contributed by atoms with Crippen molar-refractivity contribution in [2.24, 2.45) is 0 Å². The third-order valence-electron chi connectivity index (χ3n) is 2.40. The van der Waals surface area contributed by atoms with Crippen molar-refractivity contribution < 1.29 is 14.7 Å². The molecule has 0 bridgehead atoms. The Morgan fingerprint density at radius 1 is 1.38 bits per heavy atom. The standard InChI is InChI=1S/C10H20N2O3S/c1-5-8(9(13)14)12(3)10(15)11(2)6-7-16-4/h8H,5-7H2,1-4H3,(H,13,14). The second-order valence-corrected chi connectivity index (χ2v) is 4.56. The Morgan fingerprint density at radius 2 is 1.94 bits per heavy atom. The quantitative estimate of drug-likeness (QED) is 0.767. The first kappa shape index (κ1) is 15.1. The lowest BCUT2D eigenvalue weighted by Gasteiger charge is -2.28. The van der Waals surface area contributed by atoms with Crippen LogP contribution in [0.4, 0.5) is 4.79 Å². The second-order valence-electron chi connectivity index (χ2n) is 3.57. The number of hydrogen-bond acceptors (Lipinski definition) is 3. The highest BCUT2D eigenvalue weighted by molar-refractivity contribution is 7.98. The van der Waals surface area contributed by atoms with Gasteiger partial charge in [-0.1, -0.05) is 6.92 Å². The fourth-order valence-corrected chi connectivity index (χ4v) is 1.80. The molecule has 0 aromatic carbocycles. The SMILES string of the molecule is CCC(C(=O)O)N(C)C(=O)N(C)CCSC. The van der Waals surface area contributed by atoms with E-state index in [1.807, 2.05) is 6.26 Å². The van der Waals surface area contributed by atoms with Gasteiger partial charge in [0.05, 0.1) is 0 Å². The summed E-state index contributed by atoms with van der Waals surface area (Å²) < 4.78 is 0. The van der Waals surface area contributed by atoms with Gasteiger partial charge in [0.15, 0.2) is 0 Å². The number of urea groups is 1. The van der Waals surface area contributed by atoms with Crippen molar-refractivity contribution >= 4 is 23.8 Å². The molecule has 0 fully saturated rings. The van der Waals surface area contributed by atoms with Crippen LogP contribution in [0.3, 0.4) is 0 Å². The molecule has 16 heavy (non-hydrogen) atoms. The molecular formula is C10H20N2O3S. The number of nitrogens with zero attached hydrogens (tertiary/aromatic N) is 2. The number of likely N-dealkylation sites (N-methyl/N-ethyl adjacent to an activating group) is 1. The molecule has 0 heterocycles. The Hall–Kier alpha value is -0.910. The molecule has 0 aromatic rings. The van der Waals surface area contributed by atoms with Gasteiger partial charge in [0, 0.05) is 26.4 Å². The molecule has 0 aromatic heterocycles. The smallest absolute Gasteiger partial charge is 0.326 e. The zero-order valence-corrected chi connectivity index (χ0v) is 11.1. The molecule has 0 aliphatic rings. The molecule has 6 heteroatoms. The minimum Gasteiger partial charge on any atom is -0.480 e. The van der Waals surface area contributed by atoms with E-state index in [1.165, 1.54) is 11.9 Å². The molecule has 1 unspecified atom stereocenters. The van der Waals surface area contributed by atoms with Gasteiger partial charge in [-0.2, -0.15) is 11.8 Å². The van der Waals surface area contributed by atoms with Crippen LogP contribution in [0.25, 0.3) is 0 Å². The topological polar surface area (TPSA) is 60.9 Å². The molecule has 0 spiro atoms.